The smallest absolute Gasteiger partial charge is 0.442 e. The summed E-state index contributed by atoms with van der Waals surface area (Å²) in [5, 5.41) is 7.02. The second-order valence-electron chi connectivity index (χ2n) is 9.45. The van der Waals surface area contributed by atoms with E-state index in [1.807, 2.05) is 0 Å². The van der Waals surface area contributed by atoms with Crippen LogP contribution in [0.4, 0.5) is 9.59 Å². The molecule has 190 valence electrons. The first-order valence-electron chi connectivity index (χ1n) is 11.9. The third-order valence-electron chi connectivity index (χ3n) is 5.35. The number of amides is 3. The van der Waals surface area contributed by atoms with Gasteiger partial charge in [0.1, 0.15) is 11.4 Å². The van der Waals surface area contributed by atoms with Gasteiger partial charge in [0.25, 0.3) is 0 Å². The van der Waals surface area contributed by atoms with Crippen LogP contribution in [0.25, 0.3) is 0 Å². The Labute approximate surface area is 197 Å². The number of rotatable bonds is 11. The minimum Gasteiger partial charge on any atom is -0.442 e. The Morgan fingerprint density at radius 2 is 1.67 bits per heavy atom. The van der Waals surface area contributed by atoms with Crippen molar-refractivity contribution in [1.29, 1.82) is 0 Å². The normalized spacial score (nSPS) is 17.9. The number of nitrogens with one attached hydrogen (secondary N) is 2. The Kier molecular flexibility index (Phi) is 12.2. The zero-order valence-corrected chi connectivity index (χ0v) is 21.1. The number of hydrogen-bond donors (Lipinski definition) is 2. The third kappa shape index (κ3) is 11.9. The predicted molar refractivity (Wildman–Crippen MR) is 124 cm³/mol. The molecule has 0 aromatic rings. The second-order valence-corrected chi connectivity index (χ2v) is 9.45. The molecule has 2 atom stereocenters. The van der Waals surface area contributed by atoms with Crippen LogP contribution < -0.4 is 10.6 Å². The summed E-state index contributed by atoms with van der Waals surface area (Å²) in [4.78, 5) is 54.9. The van der Waals surface area contributed by atoms with Gasteiger partial charge in [-0.05, 0) is 66.7 Å². The highest BCUT2D eigenvalue weighted by Crippen LogP contribution is 2.28. The summed E-state index contributed by atoms with van der Waals surface area (Å²) < 4.78 is 5.30. The van der Waals surface area contributed by atoms with Crippen LogP contribution in [0.2, 0.25) is 0 Å². The van der Waals surface area contributed by atoms with Gasteiger partial charge in [-0.2, -0.15) is 0 Å². The van der Waals surface area contributed by atoms with E-state index >= 15 is 0 Å². The first-order valence-corrected chi connectivity index (χ1v) is 11.9. The average Bonchev–Trinajstić information content (AvgIpc) is 3.14. The van der Waals surface area contributed by atoms with Crippen LogP contribution >= 0.6 is 0 Å². The fourth-order valence-electron chi connectivity index (χ4n) is 3.74. The van der Waals surface area contributed by atoms with Crippen LogP contribution in [-0.2, 0) is 19.2 Å². The summed E-state index contributed by atoms with van der Waals surface area (Å²) >= 11 is 0. The van der Waals surface area contributed by atoms with E-state index in [0.717, 1.165) is 24.3 Å². The number of Topliss-reactive ketones (excluding diaryl/α,β-unsaturated/α-hetero) is 1. The van der Waals surface area contributed by atoms with E-state index in [0.29, 0.717) is 44.6 Å². The second kappa shape index (κ2) is 14.0. The van der Waals surface area contributed by atoms with Gasteiger partial charge in [0.15, 0.2) is 0 Å². The van der Waals surface area contributed by atoms with E-state index in [1.54, 1.807) is 41.5 Å². The molecule has 0 saturated heterocycles. The third-order valence-corrected chi connectivity index (χ3v) is 5.35. The first kappa shape index (κ1) is 28.7. The number of hydroxylamine groups is 2. The molecule has 1 saturated carbocycles. The highest BCUT2D eigenvalue weighted by atomic mass is 16.8. The van der Waals surface area contributed by atoms with Crippen molar-refractivity contribution in [2.45, 2.75) is 85.3 Å². The van der Waals surface area contributed by atoms with Crippen molar-refractivity contribution in [2.24, 2.45) is 5.92 Å². The Bertz CT molecular complexity index is 660. The molecule has 0 radical (unpaired) electrons. The van der Waals surface area contributed by atoms with E-state index in [-0.39, 0.29) is 24.7 Å². The quantitative estimate of drug-likeness (QED) is 0.352. The highest BCUT2D eigenvalue weighted by molar-refractivity contribution is 5.77. The molecular weight excluding hydrogens is 428 g/mol. The van der Waals surface area contributed by atoms with Crippen LogP contribution in [0.5, 0.6) is 0 Å². The van der Waals surface area contributed by atoms with Gasteiger partial charge in [-0.3, -0.25) is 4.79 Å². The fourth-order valence-corrected chi connectivity index (χ4v) is 3.74. The Morgan fingerprint density at radius 3 is 2.24 bits per heavy atom. The number of ketones is 1. The molecule has 1 rings (SSSR count). The van der Waals surface area contributed by atoms with Gasteiger partial charge in [0, 0.05) is 45.1 Å². The standard InChI is InChI=1S/C23H42N4O6/c1-7-26(8-2)21(30)33-27(22(31)32-23(4,5)6)14-11-20(29)25-13-12-24-19-10-9-18(16-19)15-17(3)28/h18-19,24H,7-16H2,1-6H3,(H,25,29). The Balaban J connectivity index is 2.44. The molecule has 0 spiro atoms. The van der Waals surface area contributed by atoms with E-state index in [1.165, 1.54) is 4.90 Å². The van der Waals surface area contributed by atoms with Gasteiger partial charge >= 0.3 is 12.2 Å². The van der Waals surface area contributed by atoms with Crippen molar-refractivity contribution < 1.29 is 28.8 Å². The summed E-state index contributed by atoms with van der Waals surface area (Å²) in [5.41, 5.74) is -0.769. The lowest BCUT2D eigenvalue weighted by molar-refractivity contribution is -0.128. The van der Waals surface area contributed by atoms with E-state index < -0.39 is 17.8 Å². The van der Waals surface area contributed by atoms with Crippen molar-refractivity contribution in [3.63, 3.8) is 0 Å². The van der Waals surface area contributed by atoms with Crippen molar-refractivity contribution in [1.82, 2.24) is 20.6 Å². The number of carbonyl (C=O) groups is 4. The van der Waals surface area contributed by atoms with Crippen LogP contribution in [0, 0.1) is 5.92 Å². The molecule has 1 fully saturated rings. The lowest BCUT2D eigenvalue weighted by Gasteiger charge is -2.28. The predicted octanol–water partition coefficient (Wildman–Crippen LogP) is 2.86. The van der Waals surface area contributed by atoms with Gasteiger partial charge in [0.2, 0.25) is 5.91 Å². The van der Waals surface area contributed by atoms with Gasteiger partial charge in [0.05, 0.1) is 6.54 Å². The zero-order chi connectivity index (χ0) is 25.0. The number of ether oxygens (including phenoxy) is 1. The monoisotopic (exact) mass is 470 g/mol. The van der Waals surface area contributed by atoms with Gasteiger partial charge in [-0.25, -0.2) is 9.59 Å². The number of carbonyl (C=O) groups excluding carboxylic acids is 4. The first-order chi connectivity index (χ1) is 15.4. The molecule has 2 unspecified atom stereocenters. The van der Waals surface area contributed by atoms with Crippen LogP contribution in [0.3, 0.4) is 0 Å². The topological polar surface area (TPSA) is 117 Å². The number of hydrogen-bond acceptors (Lipinski definition) is 7. The minimum atomic E-state index is -0.821. The minimum absolute atomic E-state index is 0.0329. The molecule has 0 aliphatic heterocycles. The summed E-state index contributed by atoms with van der Waals surface area (Å²) in [6.07, 6.45) is 2.19. The van der Waals surface area contributed by atoms with Crippen molar-refractivity contribution >= 4 is 23.9 Å². The summed E-state index contributed by atoms with van der Waals surface area (Å²) in [6, 6.07) is 0.369. The van der Waals surface area contributed by atoms with Crippen molar-refractivity contribution in [3.05, 3.63) is 0 Å². The molecule has 10 heteroatoms. The molecular formula is C23H42N4O6. The average molecular weight is 471 g/mol. The van der Waals surface area contributed by atoms with Crippen LogP contribution in [0.1, 0.15) is 73.6 Å². The van der Waals surface area contributed by atoms with E-state index in [4.69, 9.17) is 9.57 Å². The van der Waals surface area contributed by atoms with E-state index in [2.05, 4.69) is 10.6 Å². The fraction of sp³-hybridized carbons (Fsp3) is 0.826. The molecule has 0 heterocycles. The largest absolute Gasteiger partial charge is 0.443 e. The highest BCUT2D eigenvalue weighted by Gasteiger charge is 2.28. The molecule has 1 aliphatic carbocycles. The SMILES string of the molecule is CCN(CC)C(=O)ON(CCC(=O)NCCNC1CCC(CC(C)=O)C1)C(=O)OC(C)(C)C. The molecule has 33 heavy (non-hydrogen) atoms. The summed E-state index contributed by atoms with van der Waals surface area (Å²) in [5.74, 6) is 0.425. The maximum Gasteiger partial charge on any atom is 0.443 e. The maximum atomic E-state index is 12.5. The maximum absolute atomic E-state index is 12.5. The summed E-state index contributed by atoms with van der Waals surface area (Å²) in [7, 11) is 0. The molecule has 1 aliphatic rings. The van der Waals surface area contributed by atoms with Crippen molar-refractivity contribution in [2.75, 3.05) is 32.7 Å². The summed E-state index contributed by atoms with van der Waals surface area (Å²) in [6.45, 7) is 12.2. The lowest BCUT2D eigenvalue weighted by atomic mass is 10.0. The lowest BCUT2D eigenvalue weighted by Crippen LogP contribution is -2.44. The Hall–Kier alpha value is -2.36. The Morgan fingerprint density at radius 1 is 1.00 bits per heavy atom. The zero-order valence-electron chi connectivity index (χ0n) is 21.1. The van der Waals surface area contributed by atoms with Gasteiger partial charge in [-0.15, -0.1) is 5.06 Å². The molecule has 10 nitrogen and oxygen atoms in total. The van der Waals surface area contributed by atoms with Crippen molar-refractivity contribution in [3.8, 4) is 0 Å². The van der Waals surface area contributed by atoms with Crippen LogP contribution in [0.15, 0.2) is 0 Å². The molecule has 0 aromatic heterocycles. The van der Waals surface area contributed by atoms with Gasteiger partial charge < -0.3 is 29.9 Å². The van der Waals surface area contributed by atoms with Gasteiger partial charge in [-0.1, -0.05) is 0 Å². The molecule has 3 amide bonds. The molecule has 0 aromatic carbocycles. The molecule has 0 bridgehead atoms. The number of nitrogens with zero attached hydrogens (tertiary/aromatic N) is 2. The van der Waals surface area contributed by atoms with E-state index in [9.17, 15) is 19.2 Å². The molecule has 2 N–H and O–H groups in total. The van der Waals surface area contributed by atoms with Crippen LogP contribution in [-0.4, -0.2) is 78.2 Å².